The average Bonchev–Trinajstić information content (AvgIpc) is 3.24. The normalized spacial score (nSPS) is 14.2. The third-order valence-corrected chi connectivity index (χ3v) is 4.02. The Balaban J connectivity index is 1.78. The van der Waals surface area contributed by atoms with E-state index in [1.54, 1.807) is 0 Å². The number of halogens is 1. The van der Waals surface area contributed by atoms with Gasteiger partial charge in [-0.25, -0.2) is 4.98 Å². The molecule has 0 spiro atoms. The number of pyridine rings is 1. The van der Waals surface area contributed by atoms with Crippen LogP contribution in [0.2, 0.25) is 0 Å². The summed E-state index contributed by atoms with van der Waals surface area (Å²) >= 11 is 3.48. The van der Waals surface area contributed by atoms with Crippen LogP contribution in [0.15, 0.2) is 34.8 Å². The number of rotatable bonds is 5. The summed E-state index contributed by atoms with van der Waals surface area (Å²) in [6.07, 6.45) is 2.59. The number of nitrogens with zero attached hydrogens (tertiary/aromatic N) is 1. The van der Waals surface area contributed by atoms with Crippen LogP contribution in [0.25, 0.3) is 0 Å². The SMILES string of the molecule is Cc1cc(CNC2CC2)cc(Oc2cc(Br)ccc2C)n1. The van der Waals surface area contributed by atoms with E-state index in [4.69, 9.17) is 4.74 Å². The summed E-state index contributed by atoms with van der Waals surface area (Å²) in [6.45, 7) is 4.91. The van der Waals surface area contributed by atoms with Crippen molar-refractivity contribution < 1.29 is 4.74 Å². The van der Waals surface area contributed by atoms with Crippen molar-refractivity contribution in [3.63, 3.8) is 0 Å². The Morgan fingerprint density at radius 2 is 2.05 bits per heavy atom. The monoisotopic (exact) mass is 346 g/mol. The minimum atomic E-state index is 0.656. The Morgan fingerprint density at radius 1 is 1.24 bits per heavy atom. The summed E-state index contributed by atoms with van der Waals surface area (Å²) in [5.74, 6) is 1.49. The molecule has 0 amide bonds. The lowest BCUT2D eigenvalue weighted by Gasteiger charge is -2.11. The van der Waals surface area contributed by atoms with Crippen LogP contribution in [0.3, 0.4) is 0 Å². The highest BCUT2D eigenvalue weighted by atomic mass is 79.9. The van der Waals surface area contributed by atoms with Gasteiger partial charge in [0, 0.05) is 28.8 Å². The first kappa shape index (κ1) is 14.5. The molecule has 21 heavy (non-hydrogen) atoms. The van der Waals surface area contributed by atoms with E-state index in [-0.39, 0.29) is 0 Å². The van der Waals surface area contributed by atoms with E-state index in [0.717, 1.165) is 28.0 Å². The van der Waals surface area contributed by atoms with Crippen molar-refractivity contribution in [2.45, 2.75) is 39.3 Å². The molecule has 1 saturated carbocycles. The molecule has 1 N–H and O–H groups in total. The Bertz CT molecular complexity index is 653. The molecule has 0 unspecified atom stereocenters. The molecule has 0 saturated heterocycles. The Labute approximate surface area is 133 Å². The number of hydrogen-bond acceptors (Lipinski definition) is 3. The molecule has 1 aromatic carbocycles. The van der Waals surface area contributed by atoms with Gasteiger partial charge in [0.1, 0.15) is 5.75 Å². The molecular weight excluding hydrogens is 328 g/mol. The molecule has 2 aromatic rings. The van der Waals surface area contributed by atoms with Crippen LogP contribution < -0.4 is 10.1 Å². The molecule has 0 atom stereocenters. The first-order valence-electron chi connectivity index (χ1n) is 7.25. The second-order valence-corrected chi connectivity index (χ2v) is 6.54. The summed E-state index contributed by atoms with van der Waals surface area (Å²) in [5, 5.41) is 3.52. The zero-order valence-corrected chi connectivity index (χ0v) is 13.9. The first-order chi connectivity index (χ1) is 10.1. The van der Waals surface area contributed by atoms with Crippen LogP contribution in [-0.2, 0) is 6.54 Å². The van der Waals surface area contributed by atoms with Crippen LogP contribution in [0.4, 0.5) is 0 Å². The van der Waals surface area contributed by atoms with Crippen molar-refractivity contribution in [1.29, 1.82) is 0 Å². The molecule has 1 aromatic heterocycles. The summed E-state index contributed by atoms with van der Waals surface area (Å²) in [5.41, 5.74) is 3.30. The zero-order valence-electron chi connectivity index (χ0n) is 12.3. The van der Waals surface area contributed by atoms with E-state index in [0.29, 0.717) is 11.9 Å². The fourth-order valence-electron chi connectivity index (χ4n) is 2.21. The Hall–Kier alpha value is -1.39. The van der Waals surface area contributed by atoms with Crippen LogP contribution in [0, 0.1) is 13.8 Å². The highest BCUT2D eigenvalue weighted by Crippen LogP contribution is 2.28. The fraction of sp³-hybridized carbons (Fsp3) is 0.353. The summed E-state index contributed by atoms with van der Waals surface area (Å²) in [7, 11) is 0. The maximum Gasteiger partial charge on any atom is 0.219 e. The highest BCUT2D eigenvalue weighted by molar-refractivity contribution is 9.10. The molecule has 0 radical (unpaired) electrons. The predicted molar refractivity (Wildman–Crippen MR) is 87.8 cm³/mol. The summed E-state index contributed by atoms with van der Waals surface area (Å²) < 4.78 is 6.97. The van der Waals surface area contributed by atoms with Gasteiger partial charge in [0.2, 0.25) is 5.88 Å². The van der Waals surface area contributed by atoms with Crippen molar-refractivity contribution in [3.8, 4) is 11.6 Å². The minimum absolute atomic E-state index is 0.656. The molecule has 4 heteroatoms. The van der Waals surface area contributed by atoms with E-state index >= 15 is 0 Å². The van der Waals surface area contributed by atoms with Crippen molar-refractivity contribution in [1.82, 2.24) is 10.3 Å². The smallest absolute Gasteiger partial charge is 0.219 e. The first-order valence-corrected chi connectivity index (χ1v) is 8.04. The van der Waals surface area contributed by atoms with Gasteiger partial charge >= 0.3 is 0 Å². The topological polar surface area (TPSA) is 34.1 Å². The van der Waals surface area contributed by atoms with Crippen LogP contribution in [-0.4, -0.2) is 11.0 Å². The van der Waals surface area contributed by atoms with Gasteiger partial charge in [-0.2, -0.15) is 0 Å². The van der Waals surface area contributed by atoms with E-state index in [1.807, 2.05) is 38.1 Å². The Morgan fingerprint density at radius 3 is 2.81 bits per heavy atom. The van der Waals surface area contributed by atoms with E-state index in [1.165, 1.54) is 18.4 Å². The standard InChI is InChI=1S/C17H19BrN2O/c1-11-3-4-14(18)9-16(11)21-17-8-13(7-12(2)20-17)10-19-15-5-6-15/h3-4,7-9,15,19H,5-6,10H2,1-2H3. The lowest BCUT2D eigenvalue weighted by atomic mass is 10.2. The maximum absolute atomic E-state index is 5.97. The van der Waals surface area contributed by atoms with Gasteiger partial charge in [-0.3, -0.25) is 0 Å². The molecule has 0 bridgehead atoms. The van der Waals surface area contributed by atoms with Gasteiger partial charge in [0.25, 0.3) is 0 Å². The second kappa shape index (κ2) is 6.16. The van der Waals surface area contributed by atoms with E-state index in [9.17, 15) is 0 Å². The second-order valence-electron chi connectivity index (χ2n) is 5.62. The van der Waals surface area contributed by atoms with E-state index < -0.39 is 0 Å². The van der Waals surface area contributed by atoms with Gasteiger partial charge in [0.15, 0.2) is 0 Å². The number of benzene rings is 1. The number of nitrogens with one attached hydrogen (secondary N) is 1. The number of hydrogen-bond donors (Lipinski definition) is 1. The molecule has 1 aliphatic carbocycles. The number of aryl methyl sites for hydroxylation is 2. The lowest BCUT2D eigenvalue weighted by Crippen LogP contribution is -2.15. The Kier molecular flexibility index (Phi) is 4.27. The molecule has 1 heterocycles. The van der Waals surface area contributed by atoms with Gasteiger partial charge in [-0.05, 0) is 56.0 Å². The van der Waals surface area contributed by atoms with Crippen LogP contribution in [0.1, 0.15) is 29.7 Å². The lowest BCUT2D eigenvalue weighted by molar-refractivity contribution is 0.456. The third kappa shape index (κ3) is 4.05. The minimum Gasteiger partial charge on any atom is -0.439 e. The van der Waals surface area contributed by atoms with E-state index in [2.05, 4.69) is 32.3 Å². The highest BCUT2D eigenvalue weighted by Gasteiger charge is 2.20. The zero-order chi connectivity index (χ0) is 14.8. The van der Waals surface area contributed by atoms with Gasteiger partial charge in [0.05, 0.1) is 0 Å². The summed E-state index contributed by atoms with van der Waals surface area (Å²) in [4.78, 5) is 4.48. The summed E-state index contributed by atoms with van der Waals surface area (Å²) in [6, 6.07) is 10.8. The third-order valence-electron chi connectivity index (χ3n) is 3.53. The quantitative estimate of drug-likeness (QED) is 0.864. The molecule has 1 aliphatic rings. The molecular formula is C17H19BrN2O. The van der Waals surface area contributed by atoms with Crippen LogP contribution in [0.5, 0.6) is 11.6 Å². The van der Waals surface area contributed by atoms with Gasteiger partial charge in [-0.1, -0.05) is 22.0 Å². The fourth-order valence-corrected chi connectivity index (χ4v) is 2.55. The molecule has 110 valence electrons. The maximum atomic E-state index is 5.97. The van der Waals surface area contributed by atoms with Crippen LogP contribution >= 0.6 is 15.9 Å². The average molecular weight is 347 g/mol. The largest absolute Gasteiger partial charge is 0.439 e. The molecule has 3 rings (SSSR count). The van der Waals surface area contributed by atoms with Gasteiger partial charge < -0.3 is 10.1 Å². The molecule has 1 fully saturated rings. The predicted octanol–water partition coefficient (Wildman–Crippen LogP) is 4.51. The number of aromatic nitrogens is 1. The number of ether oxygens (including phenoxy) is 1. The van der Waals surface area contributed by atoms with Crippen molar-refractivity contribution >= 4 is 15.9 Å². The molecule has 0 aliphatic heterocycles. The van der Waals surface area contributed by atoms with Crippen molar-refractivity contribution in [2.24, 2.45) is 0 Å². The van der Waals surface area contributed by atoms with Crippen molar-refractivity contribution in [2.75, 3.05) is 0 Å². The molecule has 3 nitrogen and oxygen atoms in total. The van der Waals surface area contributed by atoms with Crippen molar-refractivity contribution in [3.05, 3.63) is 51.6 Å². The van der Waals surface area contributed by atoms with Gasteiger partial charge in [-0.15, -0.1) is 0 Å².